The summed E-state index contributed by atoms with van der Waals surface area (Å²) < 4.78 is 0.528. The van der Waals surface area contributed by atoms with Gasteiger partial charge in [0.25, 0.3) is 0 Å². The van der Waals surface area contributed by atoms with Gasteiger partial charge in [-0.05, 0) is 53.6 Å². The molecule has 0 radical (unpaired) electrons. The van der Waals surface area contributed by atoms with Crippen LogP contribution in [0.1, 0.15) is 27.4 Å². The largest absolute Gasteiger partial charge is 0.326 e. The maximum atomic E-state index is 13.0. The molecule has 10 heteroatoms. The highest BCUT2D eigenvalue weighted by Crippen LogP contribution is 2.65. The van der Waals surface area contributed by atoms with E-state index in [1.807, 2.05) is 28.9 Å². The Morgan fingerprint density at radius 3 is 2.49 bits per heavy atom. The van der Waals surface area contributed by atoms with Gasteiger partial charge in [-0.2, -0.15) is 0 Å². The Morgan fingerprint density at radius 1 is 1.00 bits per heavy atom. The summed E-state index contributed by atoms with van der Waals surface area (Å²) in [4.78, 5) is 30.2. The van der Waals surface area contributed by atoms with Crippen LogP contribution >= 0.6 is 58.0 Å². The quantitative estimate of drug-likeness (QED) is 0.197. The number of carbonyl (C=O) groups excluding carboxylic acids is 2. The van der Waals surface area contributed by atoms with Gasteiger partial charge in [0, 0.05) is 52.2 Å². The molecule has 1 amide bonds. The number of nitrogens with one attached hydrogen (secondary N) is 1. The van der Waals surface area contributed by atoms with Crippen molar-refractivity contribution in [2.75, 3.05) is 5.32 Å². The minimum Gasteiger partial charge on any atom is -0.326 e. The molecule has 1 fully saturated rings. The fraction of sp³-hybridized carbons (Fsp3) is 0.160. The van der Waals surface area contributed by atoms with E-state index in [-0.39, 0.29) is 18.1 Å². The summed E-state index contributed by atoms with van der Waals surface area (Å²) in [6.45, 7) is 0. The summed E-state index contributed by atoms with van der Waals surface area (Å²) in [7, 11) is 0. The Labute approximate surface area is 225 Å². The lowest BCUT2D eigenvalue weighted by Crippen LogP contribution is -2.17. The number of rotatable bonds is 6. The summed E-state index contributed by atoms with van der Waals surface area (Å²) in [5, 5.41) is 3.94. The molecule has 5 nitrogen and oxygen atoms in total. The van der Waals surface area contributed by atoms with E-state index in [2.05, 4.69) is 10.3 Å². The molecule has 1 saturated carbocycles. The smallest absolute Gasteiger partial charge is 0.231 e. The number of halogens is 5. The normalized spacial score (nSPS) is 18.4. The molecule has 0 bridgehead atoms. The molecule has 1 N–H and O–H groups in total. The Kier molecular flexibility index (Phi) is 6.49. The number of anilines is 1. The Bertz CT molecular complexity index is 1460. The Hall–Kier alpha value is -2.28. The van der Waals surface area contributed by atoms with Gasteiger partial charge in [0.1, 0.15) is 9.98 Å². The van der Waals surface area contributed by atoms with E-state index in [1.54, 1.807) is 42.6 Å². The first-order valence-corrected chi connectivity index (χ1v) is 12.4. The number of aromatic nitrogens is 2. The molecule has 2 aromatic carbocycles. The number of nitrogens with zero attached hydrogens (tertiary/aromatic N) is 2. The van der Waals surface area contributed by atoms with Gasteiger partial charge in [-0.1, -0.05) is 40.9 Å². The van der Waals surface area contributed by atoms with E-state index >= 15 is 0 Å². The number of Topliss-reactive ketones (excluding diaryl/α,β-unsaturated/α-hetero) is 1. The molecule has 35 heavy (non-hydrogen) atoms. The van der Waals surface area contributed by atoms with Crippen molar-refractivity contribution in [3.05, 3.63) is 98.9 Å². The van der Waals surface area contributed by atoms with Crippen molar-refractivity contribution in [2.45, 2.75) is 16.7 Å². The summed E-state index contributed by atoms with van der Waals surface area (Å²) >= 11 is 31.4. The summed E-state index contributed by atoms with van der Waals surface area (Å²) in [6.07, 6.45) is 5.47. The van der Waals surface area contributed by atoms with Crippen molar-refractivity contribution >= 4 is 81.0 Å². The molecule has 2 atom stereocenters. The number of alkyl halides is 2. The monoisotopic (exact) mass is 565 g/mol. The van der Waals surface area contributed by atoms with Gasteiger partial charge in [-0.25, -0.2) is 4.98 Å². The molecule has 2 unspecified atom stereocenters. The second kappa shape index (κ2) is 9.30. The summed E-state index contributed by atoms with van der Waals surface area (Å²) in [5.74, 6) is -1.78. The van der Waals surface area contributed by atoms with Crippen LogP contribution in [-0.4, -0.2) is 25.4 Å². The zero-order chi connectivity index (χ0) is 24.9. The number of imidazole rings is 1. The number of hydrogen-bond acceptors (Lipinski definition) is 3. The molecular formula is C25H16Cl5N3O2. The fourth-order valence-electron chi connectivity index (χ4n) is 4.21. The standard InChI is InChI=1S/C25H16Cl5N3O2/c26-15-8-14(9-16(27)10-15)22-23(25(22,29)30)24(35)32-17-2-3-19(28)18(11-17)20(34)7-13-1-4-21-31-5-6-33(21)12-13/h1-6,8-12,22-23H,7H2,(H,32,35). The molecule has 178 valence electrons. The number of benzene rings is 2. The Balaban J connectivity index is 1.33. The molecule has 0 saturated heterocycles. The number of fused-ring (bicyclic) bond motifs is 1. The molecule has 4 aromatic rings. The first kappa shape index (κ1) is 24.4. The van der Waals surface area contributed by atoms with Crippen molar-refractivity contribution < 1.29 is 9.59 Å². The highest BCUT2D eigenvalue weighted by atomic mass is 35.5. The number of pyridine rings is 1. The van der Waals surface area contributed by atoms with Crippen LogP contribution in [0.2, 0.25) is 15.1 Å². The third-order valence-electron chi connectivity index (χ3n) is 5.93. The molecule has 1 aliphatic rings. The van der Waals surface area contributed by atoms with E-state index in [4.69, 9.17) is 58.0 Å². The van der Waals surface area contributed by atoms with E-state index < -0.39 is 16.2 Å². The zero-order valence-electron chi connectivity index (χ0n) is 17.8. The predicted molar refractivity (Wildman–Crippen MR) is 140 cm³/mol. The number of carbonyl (C=O) groups is 2. The minimum atomic E-state index is -1.31. The van der Waals surface area contributed by atoms with E-state index in [9.17, 15) is 9.59 Å². The van der Waals surface area contributed by atoms with Crippen LogP contribution in [0.5, 0.6) is 0 Å². The van der Waals surface area contributed by atoms with Crippen molar-refractivity contribution in [3.63, 3.8) is 0 Å². The molecule has 2 aromatic heterocycles. The topological polar surface area (TPSA) is 63.5 Å². The van der Waals surface area contributed by atoms with Crippen LogP contribution in [0, 0.1) is 5.92 Å². The molecule has 0 spiro atoms. The van der Waals surface area contributed by atoms with Crippen LogP contribution in [0.25, 0.3) is 5.65 Å². The van der Waals surface area contributed by atoms with Gasteiger partial charge in [-0.15, -0.1) is 23.2 Å². The van der Waals surface area contributed by atoms with E-state index in [0.29, 0.717) is 31.9 Å². The SMILES string of the molecule is O=C(Cc1ccc2nccn2c1)c1cc(NC(=O)C2C(c3cc(Cl)cc(Cl)c3)C2(Cl)Cl)ccc1Cl. The highest BCUT2D eigenvalue weighted by molar-refractivity contribution is 6.53. The average Bonchev–Trinajstić information content (AvgIpc) is 3.11. The second-order valence-corrected chi connectivity index (χ2v) is 11.1. The van der Waals surface area contributed by atoms with Gasteiger partial charge in [0.15, 0.2) is 5.78 Å². The van der Waals surface area contributed by atoms with Gasteiger partial charge in [0.2, 0.25) is 5.91 Å². The maximum Gasteiger partial charge on any atom is 0.231 e. The molecular weight excluding hydrogens is 552 g/mol. The first-order chi connectivity index (χ1) is 16.6. The zero-order valence-corrected chi connectivity index (χ0v) is 21.6. The van der Waals surface area contributed by atoms with E-state index in [0.717, 1.165) is 11.2 Å². The average molecular weight is 568 g/mol. The lowest BCUT2D eigenvalue weighted by molar-refractivity contribution is -0.117. The third-order valence-corrected chi connectivity index (χ3v) is 7.64. The van der Waals surface area contributed by atoms with Crippen LogP contribution in [-0.2, 0) is 11.2 Å². The highest BCUT2D eigenvalue weighted by Gasteiger charge is 2.67. The Morgan fingerprint density at radius 2 is 1.74 bits per heavy atom. The molecule has 1 aliphatic carbocycles. The number of ketones is 1. The van der Waals surface area contributed by atoms with Crippen LogP contribution in [0.3, 0.4) is 0 Å². The van der Waals surface area contributed by atoms with Crippen molar-refractivity contribution in [3.8, 4) is 0 Å². The molecule has 5 rings (SSSR count). The minimum absolute atomic E-state index is 0.137. The molecule has 2 heterocycles. The predicted octanol–water partition coefficient (Wildman–Crippen LogP) is 7.25. The van der Waals surface area contributed by atoms with Crippen LogP contribution in [0.4, 0.5) is 5.69 Å². The van der Waals surface area contributed by atoms with Gasteiger partial charge >= 0.3 is 0 Å². The lowest BCUT2D eigenvalue weighted by Gasteiger charge is -2.10. The molecule has 0 aliphatic heterocycles. The second-order valence-electron chi connectivity index (χ2n) is 8.35. The van der Waals surface area contributed by atoms with Gasteiger partial charge in [0.05, 0.1) is 10.9 Å². The van der Waals surface area contributed by atoms with Crippen LogP contribution in [0.15, 0.2) is 67.1 Å². The van der Waals surface area contributed by atoms with Gasteiger partial charge in [-0.3, -0.25) is 9.59 Å². The van der Waals surface area contributed by atoms with Crippen molar-refractivity contribution in [1.29, 1.82) is 0 Å². The lowest BCUT2D eigenvalue weighted by atomic mass is 10.0. The summed E-state index contributed by atoms with van der Waals surface area (Å²) in [6, 6.07) is 13.4. The first-order valence-electron chi connectivity index (χ1n) is 10.5. The third kappa shape index (κ3) is 4.89. The van der Waals surface area contributed by atoms with E-state index in [1.165, 1.54) is 0 Å². The van der Waals surface area contributed by atoms with Gasteiger partial charge < -0.3 is 9.72 Å². The number of amides is 1. The van der Waals surface area contributed by atoms with Crippen molar-refractivity contribution in [2.24, 2.45) is 5.92 Å². The number of hydrogen-bond donors (Lipinski definition) is 1. The summed E-state index contributed by atoms with van der Waals surface area (Å²) in [5.41, 5.74) is 2.98. The van der Waals surface area contributed by atoms with Crippen LogP contribution < -0.4 is 5.32 Å². The van der Waals surface area contributed by atoms with Crippen molar-refractivity contribution in [1.82, 2.24) is 9.38 Å². The maximum absolute atomic E-state index is 13.0. The fourth-order valence-corrected chi connectivity index (χ4v) is 5.80.